The molecule has 1 unspecified atom stereocenters. The van der Waals surface area contributed by atoms with Crippen molar-refractivity contribution in [1.82, 2.24) is 0 Å². The molecule has 0 heterocycles. The maximum absolute atomic E-state index is 14.0. The van der Waals surface area contributed by atoms with Crippen molar-refractivity contribution < 1.29 is 28.6 Å². The Kier molecular flexibility index (Phi) is 7.76. The number of hydrogen-bond donors (Lipinski definition) is 1. The SMILES string of the molecule is CCN(C(=O)c1ccc(O)c(F)c1)c1cc(OC)ccc1C1CCc2cc(OC(=O)C(C)(C)C)ccc2C1. The predicted molar refractivity (Wildman–Crippen MR) is 145 cm³/mol. The minimum atomic E-state index is -0.839. The number of fused-ring (bicyclic) bond motifs is 1. The quantitative estimate of drug-likeness (QED) is 0.300. The van der Waals surface area contributed by atoms with Crippen LogP contribution in [-0.2, 0) is 17.6 Å². The molecule has 3 aromatic carbocycles. The molecular formula is C31H34FNO5. The Morgan fingerprint density at radius 1 is 1.03 bits per heavy atom. The fraction of sp³-hybridized carbons (Fsp3) is 0.355. The van der Waals surface area contributed by atoms with E-state index in [-0.39, 0.29) is 23.4 Å². The molecule has 0 aromatic heterocycles. The molecular weight excluding hydrogens is 485 g/mol. The predicted octanol–water partition coefficient (Wildman–Crippen LogP) is 6.43. The maximum atomic E-state index is 14.0. The third-order valence-electron chi connectivity index (χ3n) is 6.95. The van der Waals surface area contributed by atoms with Crippen LogP contribution >= 0.6 is 0 Å². The highest BCUT2D eigenvalue weighted by atomic mass is 19.1. The van der Waals surface area contributed by atoms with Gasteiger partial charge in [0.1, 0.15) is 11.5 Å². The largest absolute Gasteiger partial charge is 0.505 e. The first kappa shape index (κ1) is 27.2. The summed E-state index contributed by atoms with van der Waals surface area (Å²) in [6, 6.07) is 15.2. The van der Waals surface area contributed by atoms with Crippen LogP contribution < -0.4 is 14.4 Å². The smallest absolute Gasteiger partial charge is 0.316 e. The Morgan fingerprint density at radius 2 is 1.76 bits per heavy atom. The van der Waals surface area contributed by atoms with E-state index in [1.165, 1.54) is 17.7 Å². The van der Waals surface area contributed by atoms with Crippen LogP contribution in [-0.4, -0.2) is 30.6 Å². The van der Waals surface area contributed by atoms with Gasteiger partial charge >= 0.3 is 5.97 Å². The maximum Gasteiger partial charge on any atom is 0.316 e. The number of benzene rings is 3. The van der Waals surface area contributed by atoms with E-state index < -0.39 is 17.0 Å². The number of carbonyl (C=O) groups is 2. The normalized spacial score (nSPS) is 14.9. The zero-order valence-electron chi connectivity index (χ0n) is 22.5. The zero-order valence-corrected chi connectivity index (χ0v) is 22.5. The minimum Gasteiger partial charge on any atom is -0.505 e. The molecule has 4 rings (SSSR count). The van der Waals surface area contributed by atoms with Crippen LogP contribution in [0.2, 0.25) is 0 Å². The van der Waals surface area contributed by atoms with E-state index in [4.69, 9.17) is 9.47 Å². The number of nitrogens with zero attached hydrogens (tertiary/aromatic N) is 1. The Labute approximate surface area is 223 Å². The first-order valence-corrected chi connectivity index (χ1v) is 12.8. The van der Waals surface area contributed by atoms with Gasteiger partial charge in [-0.3, -0.25) is 9.59 Å². The van der Waals surface area contributed by atoms with E-state index in [0.717, 1.165) is 42.1 Å². The second-order valence-electron chi connectivity index (χ2n) is 10.7. The van der Waals surface area contributed by atoms with Crippen molar-refractivity contribution in [2.45, 2.75) is 52.9 Å². The van der Waals surface area contributed by atoms with Crippen molar-refractivity contribution in [2.24, 2.45) is 5.41 Å². The van der Waals surface area contributed by atoms with Crippen LogP contribution in [0.15, 0.2) is 54.6 Å². The molecule has 3 aromatic rings. The number of methoxy groups -OCH3 is 1. The van der Waals surface area contributed by atoms with Crippen molar-refractivity contribution in [1.29, 1.82) is 0 Å². The average Bonchev–Trinajstić information content (AvgIpc) is 2.89. The number of carbonyl (C=O) groups excluding carboxylic acids is 2. The molecule has 1 amide bonds. The van der Waals surface area contributed by atoms with Crippen LogP contribution in [0.1, 0.15) is 67.1 Å². The molecule has 7 heteroatoms. The van der Waals surface area contributed by atoms with Crippen molar-refractivity contribution in [2.75, 3.05) is 18.6 Å². The van der Waals surface area contributed by atoms with Crippen LogP contribution in [0.5, 0.6) is 17.2 Å². The number of phenols is 1. The Bertz CT molecular complexity index is 1360. The van der Waals surface area contributed by atoms with Gasteiger partial charge in [0.15, 0.2) is 11.6 Å². The fourth-order valence-corrected chi connectivity index (χ4v) is 4.77. The second kappa shape index (κ2) is 10.9. The fourth-order valence-electron chi connectivity index (χ4n) is 4.77. The number of esters is 1. The zero-order chi connectivity index (χ0) is 27.6. The molecule has 6 nitrogen and oxygen atoms in total. The highest BCUT2D eigenvalue weighted by molar-refractivity contribution is 6.06. The summed E-state index contributed by atoms with van der Waals surface area (Å²) >= 11 is 0. The summed E-state index contributed by atoms with van der Waals surface area (Å²) in [7, 11) is 1.58. The number of aromatic hydroxyl groups is 1. The number of amides is 1. The number of ether oxygens (including phenoxy) is 2. The lowest BCUT2D eigenvalue weighted by Gasteiger charge is -2.31. The third-order valence-corrected chi connectivity index (χ3v) is 6.95. The molecule has 0 saturated heterocycles. The summed E-state index contributed by atoms with van der Waals surface area (Å²) in [5.74, 6) is -0.651. The van der Waals surface area contributed by atoms with Gasteiger partial charge in [0.25, 0.3) is 5.91 Å². The van der Waals surface area contributed by atoms with Crippen LogP contribution in [0.25, 0.3) is 0 Å². The van der Waals surface area contributed by atoms with Crippen LogP contribution in [0.4, 0.5) is 10.1 Å². The van der Waals surface area contributed by atoms with Gasteiger partial charge in [-0.25, -0.2) is 4.39 Å². The summed E-state index contributed by atoms with van der Waals surface area (Å²) in [6.45, 7) is 7.72. The van der Waals surface area contributed by atoms with Crippen molar-refractivity contribution in [3.8, 4) is 17.2 Å². The number of phenolic OH excluding ortho intramolecular Hbond substituents is 1. The molecule has 0 aliphatic heterocycles. The number of halogens is 1. The van der Waals surface area contributed by atoms with Gasteiger partial charge in [-0.2, -0.15) is 0 Å². The van der Waals surface area contributed by atoms with Crippen molar-refractivity contribution >= 4 is 17.6 Å². The lowest BCUT2D eigenvalue weighted by atomic mass is 9.79. The molecule has 0 bridgehead atoms. The summed E-state index contributed by atoms with van der Waals surface area (Å²) in [4.78, 5) is 27.4. The van der Waals surface area contributed by atoms with E-state index >= 15 is 0 Å². The molecule has 0 fully saturated rings. The van der Waals surface area contributed by atoms with E-state index in [1.54, 1.807) is 12.0 Å². The average molecular weight is 520 g/mol. The number of hydrogen-bond acceptors (Lipinski definition) is 5. The van der Waals surface area contributed by atoms with Gasteiger partial charge in [0, 0.05) is 18.2 Å². The van der Waals surface area contributed by atoms with Crippen LogP contribution in [0, 0.1) is 11.2 Å². The first-order valence-electron chi connectivity index (χ1n) is 12.8. The molecule has 0 saturated carbocycles. The summed E-state index contributed by atoms with van der Waals surface area (Å²) in [5.41, 5.74) is 3.62. The monoisotopic (exact) mass is 519 g/mol. The molecule has 0 spiro atoms. The van der Waals surface area contributed by atoms with Gasteiger partial charge < -0.3 is 19.5 Å². The van der Waals surface area contributed by atoms with Gasteiger partial charge in [-0.05, 0) is 106 Å². The Hall–Kier alpha value is -3.87. The summed E-state index contributed by atoms with van der Waals surface area (Å²) in [6.07, 6.45) is 2.42. The molecule has 1 N–H and O–H groups in total. The van der Waals surface area contributed by atoms with E-state index in [9.17, 15) is 19.1 Å². The van der Waals surface area contributed by atoms with E-state index in [1.807, 2.05) is 64.1 Å². The first-order chi connectivity index (χ1) is 18.0. The highest BCUT2D eigenvalue weighted by Gasteiger charge is 2.28. The van der Waals surface area contributed by atoms with E-state index in [2.05, 4.69) is 0 Å². The van der Waals surface area contributed by atoms with Crippen molar-refractivity contribution in [3.63, 3.8) is 0 Å². The number of anilines is 1. The van der Waals surface area contributed by atoms with Gasteiger partial charge in [0.05, 0.1) is 18.2 Å². The Morgan fingerprint density at radius 3 is 2.42 bits per heavy atom. The third kappa shape index (κ3) is 5.67. The number of aryl methyl sites for hydroxylation is 1. The molecule has 38 heavy (non-hydrogen) atoms. The Balaban J connectivity index is 1.64. The molecule has 1 aliphatic rings. The van der Waals surface area contributed by atoms with Gasteiger partial charge in [-0.1, -0.05) is 12.1 Å². The lowest BCUT2D eigenvalue weighted by Crippen LogP contribution is -2.32. The van der Waals surface area contributed by atoms with Crippen LogP contribution in [0.3, 0.4) is 0 Å². The van der Waals surface area contributed by atoms with Gasteiger partial charge in [0.2, 0.25) is 0 Å². The molecule has 0 radical (unpaired) electrons. The second-order valence-corrected chi connectivity index (χ2v) is 10.7. The standard InChI is InChI=1S/C31H34FNO5/c1-6-33(29(35)22-10-14-28(34)26(32)17-22)27-18-23(37-5)12-13-25(27)21-8-7-20-16-24(11-9-19(20)15-21)38-30(36)31(2,3)4/h9-14,16-18,21,34H,6-8,15H2,1-5H3. The van der Waals surface area contributed by atoms with Crippen molar-refractivity contribution in [3.05, 3.63) is 82.7 Å². The number of rotatable bonds is 6. The van der Waals surface area contributed by atoms with E-state index in [0.29, 0.717) is 18.0 Å². The minimum absolute atomic E-state index is 0.143. The molecule has 200 valence electrons. The lowest BCUT2D eigenvalue weighted by molar-refractivity contribution is -0.143. The molecule has 1 atom stereocenters. The summed E-state index contributed by atoms with van der Waals surface area (Å²) in [5, 5.41) is 9.56. The highest BCUT2D eigenvalue weighted by Crippen LogP contribution is 2.40. The summed E-state index contributed by atoms with van der Waals surface area (Å²) < 4.78 is 25.1. The molecule has 1 aliphatic carbocycles. The van der Waals surface area contributed by atoms with Gasteiger partial charge in [-0.15, -0.1) is 0 Å². The topological polar surface area (TPSA) is 76.1 Å².